The molecule has 0 spiro atoms. The summed E-state index contributed by atoms with van der Waals surface area (Å²) in [7, 11) is 0. The van der Waals surface area contributed by atoms with Crippen LogP contribution in [-0.2, 0) is 24.6 Å². The second-order valence-corrected chi connectivity index (χ2v) is 19.7. The first-order valence-corrected chi connectivity index (χ1v) is 20.4. The summed E-state index contributed by atoms with van der Waals surface area (Å²) in [6.07, 6.45) is 7.54. The maximum absolute atomic E-state index is 15.2. The average molecular weight is 742 g/mol. The molecule has 54 heavy (non-hydrogen) atoms. The number of allylic oxidation sites excluding steroid dienone is 1. The molecular weight excluding hydrogens is 682 g/mol. The van der Waals surface area contributed by atoms with Gasteiger partial charge in [0.1, 0.15) is 12.7 Å². The Hall–Kier alpha value is -3.69. The predicted octanol–water partition coefficient (Wildman–Crippen LogP) is 7.54. The first kappa shape index (κ1) is 37.2. The highest BCUT2D eigenvalue weighted by Crippen LogP contribution is 2.79. The number of hydrogen-bond donors (Lipinski definition) is 0. The zero-order valence-electron chi connectivity index (χ0n) is 34.0. The van der Waals surface area contributed by atoms with E-state index >= 15 is 9.59 Å². The van der Waals surface area contributed by atoms with Crippen LogP contribution in [-0.4, -0.2) is 44.4 Å². The highest BCUT2D eigenvalue weighted by atomic mass is 16.5. The minimum Gasteiger partial charge on any atom is -0.465 e. The van der Waals surface area contributed by atoms with E-state index in [0.717, 1.165) is 51.4 Å². The maximum atomic E-state index is 15.2. The maximum Gasteiger partial charge on any atom is 0.352 e. The monoisotopic (exact) mass is 741 g/mol. The molecule has 5 aliphatic carbocycles. The average Bonchev–Trinajstić information content (AvgIpc) is 3.58. The van der Waals surface area contributed by atoms with Gasteiger partial charge in [0.25, 0.3) is 0 Å². The molecule has 4 fully saturated rings. The highest BCUT2D eigenvalue weighted by molar-refractivity contribution is 5.94. The zero-order valence-corrected chi connectivity index (χ0v) is 34.0. The van der Waals surface area contributed by atoms with Crippen molar-refractivity contribution in [2.75, 3.05) is 6.61 Å². The number of hydrogen-bond acceptors (Lipinski definition) is 7. The zero-order chi connectivity index (χ0) is 39.1. The Morgan fingerprint density at radius 3 is 2.09 bits per heavy atom. The Kier molecular flexibility index (Phi) is 8.05. The van der Waals surface area contributed by atoms with Gasteiger partial charge < -0.3 is 9.47 Å². The lowest BCUT2D eigenvalue weighted by molar-refractivity contribution is -0.218. The molecule has 1 aliphatic heterocycles. The van der Waals surface area contributed by atoms with Crippen molar-refractivity contribution in [1.82, 2.24) is 13.9 Å². The Labute approximate surface area is 318 Å². The van der Waals surface area contributed by atoms with E-state index in [-0.39, 0.29) is 81.3 Å². The van der Waals surface area contributed by atoms with Gasteiger partial charge in [-0.25, -0.2) is 23.5 Å². The molecule has 0 radical (unpaired) electrons. The van der Waals surface area contributed by atoms with E-state index in [9.17, 15) is 14.4 Å². The first-order valence-electron chi connectivity index (χ1n) is 20.4. The number of Topliss-reactive ketones (excluding diaryl/α,β-unsaturated/α-hetero) is 1. The van der Waals surface area contributed by atoms with E-state index in [1.807, 2.05) is 9.36 Å². The van der Waals surface area contributed by atoms with Crippen LogP contribution in [0.2, 0.25) is 0 Å². The summed E-state index contributed by atoms with van der Waals surface area (Å²) in [5, 5.41) is 0. The lowest BCUT2D eigenvalue weighted by Gasteiger charge is -2.72. The van der Waals surface area contributed by atoms with Crippen molar-refractivity contribution in [2.24, 2.45) is 44.8 Å². The van der Waals surface area contributed by atoms with Crippen LogP contribution in [0.1, 0.15) is 143 Å². The molecule has 0 N–H and O–H groups in total. The first-order chi connectivity index (χ1) is 25.2. The number of rotatable bonds is 6. The van der Waals surface area contributed by atoms with Gasteiger partial charge in [-0.1, -0.05) is 48.5 Å². The lowest BCUT2D eigenvalue weighted by atomic mass is 9.33. The molecule has 0 amide bonds. The van der Waals surface area contributed by atoms with Gasteiger partial charge in [0.2, 0.25) is 0 Å². The minimum absolute atomic E-state index is 0.0297. The van der Waals surface area contributed by atoms with Crippen LogP contribution < -0.4 is 11.4 Å². The van der Waals surface area contributed by atoms with Crippen molar-refractivity contribution in [2.45, 2.75) is 145 Å². The summed E-state index contributed by atoms with van der Waals surface area (Å²) in [5.74, 6) is -0.120. The van der Waals surface area contributed by atoms with Crippen LogP contribution in [0.25, 0.3) is 5.69 Å². The van der Waals surface area contributed by atoms with Gasteiger partial charge in [0.15, 0.2) is 5.78 Å². The highest BCUT2D eigenvalue weighted by Gasteiger charge is 2.73. The van der Waals surface area contributed by atoms with Gasteiger partial charge in [0, 0.05) is 30.2 Å². The van der Waals surface area contributed by atoms with Gasteiger partial charge in [-0.05, 0) is 134 Å². The van der Waals surface area contributed by atoms with Crippen molar-refractivity contribution in [3.8, 4) is 5.69 Å². The Bertz CT molecular complexity index is 2120. The summed E-state index contributed by atoms with van der Waals surface area (Å²) < 4.78 is 17.0. The number of ether oxygens (including phenoxy) is 2. The minimum atomic E-state index is -0.775. The molecule has 4 saturated carbocycles. The van der Waals surface area contributed by atoms with Crippen LogP contribution in [0.15, 0.2) is 45.0 Å². The van der Waals surface area contributed by atoms with E-state index in [2.05, 4.69) is 48.5 Å². The molecule has 10 heteroatoms. The standard InChI is InChI=1S/C44H59N3O7/c1-25(2)44-22-21-43(24-53-27(4)49)20-19-42(10)35(36(43)44)31(46-37(51)45(38(52)47(44)46)30-13-11-29(12-14-30)26(3)48)23-33-40(8)17-16-34(54-28(5)50)39(6,7)32(40)15-18-41(33,42)9/h11-14,25,31-34H,15-24H2,1-10H3/t31-,32-,33+,34-,40-,41+,42+,43-,44-/m0/s1. The molecule has 2 heterocycles. The van der Waals surface area contributed by atoms with E-state index in [0.29, 0.717) is 23.6 Å². The summed E-state index contributed by atoms with van der Waals surface area (Å²) in [4.78, 5) is 67.3. The molecule has 8 rings (SSSR count). The van der Waals surface area contributed by atoms with Crippen molar-refractivity contribution in [3.05, 3.63) is 61.9 Å². The summed E-state index contributed by atoms with van der Waals surface area (Å²) >= 11 is 0. The molecular formula is C44H59N3O7. The van der Waals surface area contributed by atoms with Crippen LogP contribution in [0, 0.1) is 44.8 Å². The molecule has 0 bridgehead atoms. The number of carbonyl (C=O) groups is 3. The molecule has 0 unspecified atom stereocenters. The number of fused-ring (bicyclic) bond motifs is 7. The molecule has 2 aromatic rings. The summed E-state index contributed by atoms with van der Waals surface area (Å²) in [5.41, 5.74) is 0.906. The normalized spacial score (nSPS) is 38.6. The Balaban J connectivity index is 1.39. The predicted molar refractivity (Wildman–Crippen MR) is 204 cm³/mol. The van der Waals surface area contributed by atoms with Gasteiger partial charge in [-0.2, -0.15) is 0 Å². The van der Waals surface area contributed by atoms with Crippen molar-refractivity contribution < 1.29 is 23.9 Å². The van der Waals surface area contributed by atoms with E-state index in [1.54, 1.807) is 24.3 Å². The molecule has 0 saturated heterocycles. The Morgan fingerprint density at radius 1 is 0.815 bits per heavy atom. The number of ketones is 1. The SMILES string of the molecule is CC(=O)OC[C@]12CC[C@]3(C(C)C)C1=C1[C@H](C[C@@H]4[C@@]5(C)CC[C@H](OC(C)=O)C(C)(C)[C@@H]5CC[C@@]4(C)[C@]1(C)CC2)n1c(=O)n(-c2ccc(C(C)=O)cc2)c(=O)n13. The third kappa shape index (κ3) is 4.48. The van der Waals surface area contributed by atoms with Crippen molar-refractivity contribution in [1.29, 1.82) is 0 Å². The molecule has 10 nitrogen and oxygen atoms in total. The third-order valence-electron chi connectivity index (χ3n) is 17.0. The van der Waals surface area contributed by atoms with Crippen LogP contribution in [0.5, 0.6) is 0 Å². The van der Waals surface area contributed by atoms with Gasteiger partial charge >= 0.3 is 23.3 Å². The number of nitrogens with zero attached hydrogens (tertiary/aromatic N) is 3. The number of benzene rings is 1. The van der Waals surface area contributed by atoms with Crippen LogP contribution >= 0.6 is 0 Å². The van der Waals surface area contributed by atoms with Crippen LogP contribution in [0.4, 0.5) is 0 Å². The van der Waals surface area contributed by atoms with Crippen molar-refractivity contribution in [3.63, 3.8) is 0 Å². The fourth-order valence-corrected chi connectivity index (χ4v) is 14.3. The van der Waals surface area contributed by atoms with E-state index < -0.39 is 11.0 Å². The van der Waals surface area contributed by atoms with Gasteiger partial charge in [-0.15, -0.1) is 0 Å². The third-order valence-corrected chi connectivity index (χ3v) is 17.0. The molecule has 1 aromatic heterocycles. The van der Waals surface area contributed by atoms with Crippen LogP contribution in [0.3, 0.4) is 0 Å². The summed E-state index contributed by atoms with van der Waals surface area (Å²) in [6, 6.07) is 6.44. The van der Waals surface area contributed by atoms with Gasteiger partial charge in [-0.3, -0.25) is 14.4 Å². The number of carbonyl (C=O) groups excluding carboxylic acids is 3. The second-order valence-electron chi connectivity index (χ2n) is 19.7. The van der Waals surface area contributed by atoms with Gasteiger partial charge in [0.05, 0.1) is 17.3 Å². The smallest absolute Gasteiger partial charge is 0.352 e. The van der Waals surface area contributed by atoms with Crippen molar-refractivity contribution >= 4 is 17.7 Å². The quantitative estimate of drug-likeness (QED) is 0.171. The number of aromatic nitrogens is 3. The topological polar surface area (TPSA) is 119 Å². The number of esters is 2. The molecule has 6 aliphatic rings. The Morgan fingerprint density at radius 2 is 1.48 bits per heavy atom. The van der Waals surface area contributed by atoms with E-state index in [1.165, 1.54) is 36.5 Å². The van der Waals surface area contributed by atoms with E-state index in [4.69, 9.17) is 9.47 Å². The fourth-order valence-electron chi connectivity index (χ4n) is 14.3. The molecule has 9 atom stereocenters. The fraction of sp³-hybridized carbons (Fsp3) is 0.705. The molecule has 1 aromatic carbocycles. The largest absolute Gasteiger partial charge is 0.465 e. The second kappa shape index (κ2) is 11.7. The summed E-state index contributed by atoms with van der Waals surface area (Å²) in [6.45, 7) is 21.1. The molecule has 292 valence electrons. The lowest BCUT2D eigenvalue weighted by Crippen LogP contribution is -2.67.